The summed E-state index contributed by atoms with van der Waals surface area (Å²) in [5.74, 6) is 0.200. The van der Waals surface area contributed by atoms with E-state index < -0.39 is 6.61 Å². The molecule has 0 unspecified atom stereocenters. The molecule has 1 rings (SSSR count). The maximum atomic E-state index is 11.6. The second-order valence-corrected chi connectivity index (χ2v) is 2.33. The van der Waals surface area contributed by atoms with Gasteiger partial charge in [-0.15, -0.1) is 0 Å². The van der Waals surface area contributed by atoms with E-state index in [1.165, 1.54) is 12.1 Å². The van der Waals surface area contributed by atoms with Gasteiger partial charge in [0.1, 0.15) is 5.75 Å². The third-order valence-corrected chi connectivity index (χ3v) is 1.25. The molecule has 0 saturated heterocycles. The first-order chi connectivity index (χ1) is 6.60. The first kappa shape index (κ1) is 12.3. The fourth-order valence-electron chi connectivity index (χ4n) is 0.720. The van der Waals surface area contributed by atoms with Crippen LogP contribution in [-0.2, 0) is 4.79 Å². The Kier molecular flexibility index (Phi) is 6.02. The zero-order valence-electron chi connectivity index (χ0n) is 7.61. The van der Waals surface area contributed by atoms with E-state index in [0.29, 0.717) is 0 Å². The normalized spacial score (nSPS) is 8.86. The van der Waals surface area contributed by atoms with Crippen LogP contribution in [0.15, 0.2) is 24.3 Å². The number of carbonyl (C=O) groups excluding carboxylic acids is 1. The van der Waals surface area contributed by atoms with Crippen molar-refractivity contribution in [3.63, 3.8) is 0 Å². The van der Waals surface area contributed by atoms with Gasteiger partial charge >= 0.3 is 6.61 Å². The number of carbonyl (C=O) groups is 1. The van der Waals surface area contributed by atoms with Crippen LogP contribution in [0, 0.1) is 6.92 Å². The molecule has 0 atom stereocenters. The molecule has 1 aromatic rings. The number of hydrogen-bond acceptors (Lipinski definition) is 2. The van der Waals surface area contributed by atoms with Gasteiger partial charge in [0, 0.05) is 0 Å². The molecule has 0 heterocycles. The zero-order chi connectivity index (χ0) is 11.0. The third kappa shape index (κ3) is 5.93. The molecule has 1 amide bonds. The Hall–Kier alpha value is -1.65. The Labute approximate surface area is 80.5 Å². The summed E-state index contributed by atoms with van der Waals surface area (Å²) in [4.78, 5) is 8.58. The molecule has 0 bridgehead atoms. The van der Waals surface area contributed by atoms with Crippen LogP contribution in [0.5, 0.6) is 5.75 Å². The summed E-state index contributed by atoms with van der Waals surface area (Å²) in [6, 6.07) is 6.47. The van der Waals surface area contributed by atoms with Gasteiger partial charge in [-0.05, 0) is 19.1 Å². The molecule has 14 heavy (non-hydrogen) atoms. The van der Waals surface area contributed by atoms with Crippen molar-refractivity contribution in [3.8, 4) is 5.75 Å². The summed E-state index contributed by atoms with van der Waals surface area (Å²) in [5.41, 5.74) is 5.19. The first-order valence-corrected chi connectivity index (χ1v) is 3.77. The van der Waals surface area contributed by atoms with Crippen molar-refractivity contribution in [1.82, 2.24) is 0 Å². The number of benzene rings is 1. The van der Waals surface area contributed by atoms with Crippen LogP contribution < -0.4 is 10.5 Å². The topological polar surface area (TPSA) is 52.3 Å². The van der Waals surface area contributed by atoms with Gasteiger partial charge in [0.05, 0.1) is 0 Å². The molecule has 0 saturated carbocycles. The molecule has 0 aliphatic heterocycles. The summed E-state index contributed by atoms with van der Waals surface area (Å²) in [6.45, 7) is -0.857. The predicted octanol–water partition coefficient (Wildman–Crippen LogP) is 1.70. The van der Waals surface area contributed by atoms with Crippen molar-refractivity contribution < 1.29 is 18.3 Å². The standard InChI is InChI=1S/C8H8F2O.CH3NO/c1-6-2-4-7(5-3-6)11-8(9)10;2-1-3/h2-5,8H,1H3;1H,(H2,2,3). The average Bonchev–Trinajstić information content (AvgIpc) is 2.09. The second-order valence-electron chi connectivity index (χ2n) is 2.33. The lowest BCUT2D eigenvalue weighted by Gasteiger charge is -2.02. The first-order valence-electron chi connectivity index (χ1n) is 3.77. The van der Waals surface area contributed by atoms with Crippen LogP contribution in [0.3, 0.4) is 0 Å². The van der Waals surface area contributed by atoms with E-state index in [0.717, 1.165) is 5.56 Å². The van der Waals surface area contributed by atoms with Gasteiger partial charge in [0.15, 0.2) is 0 Å². The number of aryl methyl sites for hydroxylation is 1. The Balaban J connectivity index is 0.000000500. The summed E-state index contributed by atoms with van der Waals surface area (Å²) in [5, 5.41) is 0. The van der Waals surface area contributed by atoms with Crippen LogP contribution in [0.1, 0.15) is 5.56 Å². The molecule has 0 aromatic heterocycles. The Morgan fingerprint density at radius 1 is 1.36 bits per heavy atom. The molecular weight excluding hydrogens is 192 g/mol. The van der Waals surface area contributed by atoms with Crippen LogP contribution in [0.25, 0.3) is 0 Å². The van der Waals surface area contributed by atoms with E-state index in [1.54, 1.807) is 12.1 Å². The van der Waals surface area contributed by atoms with Gasteiger partial charge in [0.2, 0.25) is 6.41 Å². The molecule has 5 heteroatoms. The SMILES string of the molecule is Cc1ccc(OC(F)F)cc1.NC=O. The van der Waals surface area contributed by atoms with Gasteiger partial charge in [-0.3, -0.25) is 4.79 Å². The van der Waals surface area contributed by atoms with E-state index in [-0.39, 0.29) is 12.2 Å². The highest BCUT2D eigenvalue weighted by molar-refractivity contribution is 5.42. The lowest BCUT2D eigenvalue weighted by molar-refractivity contribution is -0.106. The van der Waals surface area contributed by atoms with Crippen LogP contribution >= 0.6 is 0 Å². The molecule has 0 spiro atoms. The third-order valence-electron chi connectivity index (χ3n) is 1.25. The molecule has 0 aliphatic rings. The highest BCUT2D eigenvalue weighted by atomic mass is 19.3. The molecule has 0 radical (unpaired) electrons. The van der Waals surface area contributed by atoms with E-state index in [4.69, 9.17) is 4.79 Å². The lowest BCUT2D eigenvalue weighted by Crippen LogP contribution is -2.01. The Morgan fingerprint density at radius 3 is 2.14 bits per heavy atom. The molecule has 0 aliphatic carbocycles. The predicted molar refractivity (Wildman–Crippen MR) is 48.1 cm³/mol. The van der Waals surface area contributed by atoms with Crippen LogP contribution in [0.4, 0.5) is 8.78 Å². The maximum absolute atomic E-state index is 11.6. The van der Waals surface area contributed by atoms with Crippen molar-refractivity contribution in [3.05, 3.63) is 29.8 Å². The molecule has 3 nitrogen and oxygen atoms in total. The second kappa shape index (κ2) is 6.82. The molecule has 0 fully saturated rings. The minimum Gasteiger partial charge on any atom is -0.435 e. The largest absolute Gasteiger partial charge is 0.435 e. The number of alkyl halides is 2. The minimum absolute atomic E-state index is 0.200. The van der Waals surface area contributed by atoms with E-state index >= 15 is 0 Å². The van der Waals surface area contributed by atoms with Crippen molar-refractivity contribution in [2.24, 2.45) is 5.73 Å². The van der Waals surface area contributed by atoms with Crippen molar-refractivity contribution >= 4 is 6.41 Å². The van der Waals surface area contributed by atoms with Gasteiger partial charge in [-0.1, -0.05) is 17.7 Å². The number of amides is 1. The fraction of sp³-hybridized carbons (Fsp3) is 0.222. The summed E-state index contributed by atoms with van der Waals surface area (Å²) < 4.78 is 27.3. The summed E-state index contributed by atoms with van der Waals surface area (Å²) in [6.07, 6.45) is 0.250. The quantitative estimate of drug-likeness (QED) is 0.743. The summed E-state index contributed by atoms with van der Waals surface area (Å²) in [7, 11) is 0. The van der Waals surface area contributed by atoms with E-state index in [9.17, 15) is 8.78 Å². The van der Waals surface area contributed by atoms with Gasteiger partial charge in [0.25, 0.3) is 0 Å². The number of primary amides is 1. The molecule has 2 N–H and O–H groups in total. The fourth-order valence-corrected chi connectivity index (χ4v) is 0.720. The smallest absolute Gasteiger partial charge is 0.387 e. The van der Waals surface area contributed by atoms with E-state index in [1.807, 2.05) is 6.92 Å². The van der Waals surface area contributed by atoms with Gasteiger partial charge < -0.3 is 10.5 Å². The monoisotopic (exact) mass is 203 g/mol. The number of halogens is 2. The number of rotatable bonds is 2. The lowest BCUT2D eigenvalue weighted by atomic mass is 10.2. The molecule has 1 aromatic carbocycles. The summed E-state index contributed by atoms with van der Waals surface area (Å²) >= 11 is 0. The highest BCUT2D eigenvalue weighted by Crippen LogP contribution is 2.13. The average molecular weight is 203 g/mol. The number of ether oxygens (including phenoxy) is 1. The van der Waals surface area contributed by atoms with E-state index in [2.05, 4.69) is 10.5 Å². The van der Waals surface area contributed by atoms with Crippen molar-refractivity contribution in [2.75, 3.05) is 0 Å². The highest BCUT2D eigenvalue weighted by Gasteiger charge is 2.01. The van der Waals surface area contributed by atoms with Crippen LogP contribution in [0.2, 0.25) is 0 Å². The van der Waals surface area contributed by atoms with Gasteiger partial charge in [-0.25, -0.2) is 0 Å². The van der Waals surface area contributed by atoms with Gasteiger partial charge in [-0.2, -0.15) is 8.78 Å². The molecular formula is C9H11F2NO2. The molecule has 78 valence electrons. The Morgan fingerprint density at radius 2 is 1.79 bits per heavy atom. The van der Waals surface area contributed by atoms with Crippen LogP contribution in [-0.4, -0.2) is 13.0 Å². The zero-order valence-corrected chi connectivity index (χ0v) is 7.61. The maximum Gasteiger partial charge on any atom is 0.387 e. The van der Waals surface area contributed by atoms with Crippen molar-refractivity contribution in [1.29, 1.82) is 0 Å². The van der Waals surface area contributed by atoms with Crippen molar-refractivity contribution in [2.45, 2.75) is 13.5 Å². The Bertz CT molecular complexity index is 262. The number of nitrogens with two attached hydrogens (primary N) is 1. The minimum atomic E-state index is -2.74. The number of hydrogen-bond donors (Lipinski definition) is 1.